The summed E-state index contributed by atoms with van der Waals surface area (Å²) in [6.07, 6.45) is -4.07. The number of rotatable bonds is 7. The van der Waals surface area contributed by atoms with Crippen LogP contribution in [0.2, 0.25) is 0 Å². The number of aromatic nitrogens is 4. The Morgan fingerprint density at radius 2 is 1.96 bits per heavy atom. The fraction of sp³-hybridized carbons (Fsp3) is 0.500. The number of nitrogen functional groups attached to an aromatic ring is 1. The van der Waals surface area contributed by atoms with Crippen molar-refractivity contribution < 1.29 is 29.4 Å². The minimum atomic E-state index is -1.73. The van der Waals surface area contributed by atoms with Gasteiger partial charge in [0.1, 0.15) is 11.8 Å². The molecule has 0 spiro atoms. The van der Waals surface area contributed by atoms with Gasteiger partial charge in [0.05, 0.1) is 6.33 Å². The molecule has 1 aliphatic heterocycles. The number of likely N-dealkylation sites (N-methyl/N-ethyl adjacent to an activating group) is 1. The molecule has 0 bridgehead atoms. The third kappa shape index (κ3) is 3.39. The first-order chi connectivity index (χ1) is 13.3. The SMILES string of the molecule is CCNC(=O)[C@H]1O[C@@H](n2cnc3c(N)ncnc32)[C@H](O[N+](=O)[O-])[C@@H]1O[N+](=O)[O-]. The molecule has 4 atom stereocenters. The van der Waals surface area contributed by atoms with E-state index in [0.29, 0.717) is 0 Å². The molecule has 16 nitrogen and oxygen atoms in total. The van der Waals surface area contributed by atoms with E-state index in [-0.39, 0.29) is 23.5 Å². The first-order valence-corrected chi connectivity index (χ1v) is 7.82. The lowest BCUT2D eigenvalue weighted by Crippen LogP contribution is -2.46. The summed E-state index contributed by atoms with van der Waals surface area (Å²) < 4.78 is 6.74. The number of hydrogen-bond acceptors (Lipinski definition) is 12. The third-order valence-electron chi connectivity index (χ3n) is 3.88. The molecule has 0 unspecified atom stereocenters. The Bertz CT molecular complexity index is 918. The number of amides is 1. The topological polar surface area (TPSA) is 213 Å². The van der Waals surface area contributed by atoms with Crippen LogP contribution in [0.25, 0.3) is 11.2 Å². The van der Waals surface area contributed by atoms with Crippen LogP contribution in [0.4, 0.5) is 5.82 Å². The Balaban J connectivity index is 2.06. The van der Waals surface area contributed by atoms with Crippen LogP contribution in [0.1, 0.15) is 13.2 Å². The van der Waals surface area contributed by atoms with E-state index in [4.69, 9.17) is 10.5 Å². The van der Waals surface area contributed by atoms with Gasteiger partial charge in [-0.05, 0) is 6.92 Å². The van der Waals surface area contributed by atoms with E-state index < -0.39 is 40.6 Å². The first-order valence-electron chi connectivity index (χ1n) is 7.82. The second kappa shape index (κ2) is 7.43. The highest BCUT2D eigenvalue weighted by Crippen LogP contribution is 2.35. The molecule has 16 heteroatoms. The van der Waals surface area contributed by atoms with E-state index in [9.17, 15) is 25.0 Å². The van der Waals surface area contributed by atoms with Gasteiger partial charge in [0.15, 0.2) is 36.0 Å². The van der Waals surface area contributed by atoms with Crippen LogP contribution in [-0.2, 0) is 19.2 Å². The Kier molecular flexibility index (Phi) is 5.03. The van der Waals surface area contributed by atoms with Gasteiger partial charge in [-0.25, -0.2) is 15.0 Å². The molecule has 0 aliphatic carbocycles. The molecule has 3 rings (SSSR count). The Labute approximate surface area is 154 Å². The van der Waals surface area contributed by atoms with Crippen molar-refractivity contribution in [1.82, 2.24) is 24.8 Å². The number of carbonyl (C=O) groups is 1. The molecule has 3 heterocycles. The summed E-state index contributed by atoms with van der Waals surface area (Å²) in [5.74, 6) is -0.737. The van der Waals surface area contributed by atoms with Gasteiger partial charge >= 0.3 is 0 Å². The second-order valence-corrected chi connectivity index (χ2v) is 5.51. The molecule has 3 N–H and O–H groups in total. The number of nitrogens with one attached hydrogen (secondary N) is 1. The molecule has 1 saturated heterocycles. The van der Waals surface area contributed by atoms with E-state index in [1.165, 1.54) is 10.9 Å². The second-order valence-electron chi connectivity index (χ2n) is 5.51. The molecule has 2 aromatic rings. The van der Waals surface area contributed by atoms with Gasteiger partial charge < -0.3 is 25.5 Å². The summed E-state index contributed by atoms with van der Waals surface area (Å²) >= 11 is 0. The van der Waals surface area contributed by atoms with Crippen LogP contribution in [0.15, 0.2) is 12.7 Å². The summed E-state index contributed by atoms with van der Waals surface area (Å²) in [6.45, 7) is 1.80. The van der Waals surface area contributed by atoms with Crippen molar-refractivity contribution in [3.63, 3.8) is 0 Å². The lowest BCUT2D eigenvalue weighted by molar-refractivity contribution is -0.798. The first kappa shape index (κ1) is 19.0. The van der Waals surface area contributed by atoms with Crippen LogP contribution in [0.5, 0.6) is 0 Å². The number of ether oxygens (including phenoxy) is 1. The van der Waals surface area contributed by atoms with Crippen molar-refractivity contribution in [2.45, 2.75) is 31.5 Å². The molecular weight excluding hydrogens is 384 g/mol. The molecule has 0 saturated carbocycles. The molecule has 0 radical (unpaired) electrons. The summed E-state index contributed by atoms with van der Waals surface area (Å²) in [7, 11) is 0. The number of hydrogen-bond donors (Lipinski definition) is 2. The summed E-state index contributed by atoms with van der Waals surface area (Å²) in [5.41, 5.74) is 5.99. The van der Waals surface area contributed by atoms with Crippen LogP contribution < -0.4 is 11.1 Å². The number of anilines is 1. The van der Waals surface area contributed by atoms with Gasteiger partial charge in [0.2, 0.25) is 0 Å². The third-order valence-corrected chi connectivity index (χ3v) is 3.88. The van der Waals surface area contributed by atoms with Gasteiger partial charge in [-0.2, -0.15) is 0 Å². The minimum absolute atomic E-state index is 0.0341. The lowest BCUT2D eigenvalue weighted by atomic mass is 10.1. The smallest absolute Gasteiger partial charge is 0.295 e. The lowest BCUT2D eigenvalue weighted by Gasteiger charge is -2.20. The standard InChI is InChI=1S/C12H14N8O8/c1-2-14-11(21)7-6(27-19(22)23)8(28-20(24)25)12(26-7)18-4-17-5-9(13)15-3-16-10(5)18/h3-4,6-8,12H,2H2,1H3,(H,14,21)(H2,13,15,16)/t6-,7+,8-,12-/m1/s1. The van der Waals surface area contributed by atoms with Crippen LogP contribution >= 0.6 is 0 Å². The van der Waals surface area contributed by atoms with Crippen LogP contribution in [-0.4, -0.2) is 60.5 Å². The molecule has 2 aromatic heterocycles. The van der Waals surface area contributed by atoms with Crippen molar-refractivity contribution in [3.8, 4) is 0 Å². The Morgan fingerprint density at radius 3 is 2.61 bits per heavy atom. The number of nitrogens with zero attached hydrogens (tertiary/aromatic N) is 6. The fourth-order valence-electron chi connectivity index (χ4n) is 2.83. The van der Waals surface area contributed by atoms with Gasteiger partial charge in [0.25, 0.3) is 16.1 Å². The van der Waals surface area contributed by atoms with Crippen molar-refractivity contribution in [3.05, 3.63) is 32.9 Å². The molecular formula is C12H14N8O8. The molecule has 1 aliphatic rings. The Hall–Kier alpha value is -3.82. The predicted octanol–water partition coefficient (Wildman–Crippen LogP) is -1.40. The maximum Gasteiger partial charge on any atom is 0.295 e. The van der Waals surface area contributed by atoms with Crippen molar-refractivity contribution in [2.24, 2.45) is 0 Å². The summed E-state index contributed by atoms with van der Waals surface area (Å²) in [5, 5.41) is 21.9. The minimum Gasteiger partial charge on any atom is -0.382 e. The van der Waals surface area contributed by atoms with Crippen molar-refractivity contribution in [1.29, 1.82) is 0 Å². The highest BCUT2D eigenvalue weighted by Gasteiger charge is 2.53. The van der Waals surface area contributed by atoms with E-state index >= 15 is 0 Å². The van der Waals surface area contributed by atoms with Crippen molar-refractivity contribution >= 4 is 22.9 Å². The zero-order chi connectivity index (χ0) is 20.4. The average molecular weight is 398 g/mol. The van der Waals surface area contributed by atoms with Crippen LogP contribution in [0.3, 0.4) is 0 Å². The maximum atomic E-state index is 12.3. The van der Waals surface area contributed by atoms with Crippen molar-refractivity contribution in [2.75, 3.05) is 12.3 Å². The molecule has 0 aromatic carbocycles. The summed E-state index contributed by atoms with van der Waals surface area (Å²) in [6, 6.07) is 0. The zero-order valence-corrected chi connectivity index (χ0v) is 14.2. The highest BCUT2D eigenvalue weighted by atomic mass is 17.0. The predicted molar refractivity (Wildman–Crippen MR) is 86.1 cm³/mol. The largest absolute Gasteiger partial charge is 0.382 e. The quantitative estimate of drug-likeness (QED) is 0.407. The van der Waals surface area contributed by atoms with E-state index in [0.717, 1.165) is 6.33 Å². The molecule has 28 heavy (non-hydrogen) atoms. The monoisotopic (exact) mass is 398 g/mol. The number of carbonyl (C=O) groups excluding carboxylic acids is 1. The van der Waals surface area contributed by atoms with E-state index in [1.807, 2.05) is 0 Å². The number of nitrogens with two attached hydrogens (primary N) is 1. The fourth-order valence-corrected chi connectivity index (χ4v) is 2.83. The highest BCUT2D eigenvalue weighted by molar-refractivity contribution is 5.82. The van der Waals surface area contributed by atoms with E-state index in [1.54, 1.807) is 6.92 Å². The molecule has 150 valence electrons. The van der Waals surface area contributed by atoms with Gasteiger partial charge in [0, 0.05) is 6.54 Å². The maximum absolute atomic E-state index is 12.3. The van der Waals surface area contributed by atoms with E-state index in [2.05, 4.69) is 29.9 Å². The molecule has 1 amide bonds. The number of fused-ring (bicyclic) bond motifs is 1. The van der Waals surface area contributed by atoms with Gasteiger partial charge in [-0.3, -0.25) is 9.36 Å². The average Bonchev–Trinajstić information content (AvgIpc) is 3.18. The zero-order valence-electron chi connectivity index (χ0n) is 14.2. The van der Waals surface area contributed by atoms with Gasteiger partial charge in [-0.15, -0.1) is 20.2 Å². The summed E-state index contributed by atoms with van der Waals surface area (Å²) in [4.78, 5) is 54.9. The normalized spacial score (nSPS) is 24.0. The molecule has 1 fully saturated rings. The van der Waals surface area contributed by atoms with Crippen LogP contribution in [0, 0.1) is 20.2 Å². The Morgan fingerprint density at radius 1 is 1.29 bits per heavy atom. The van der Waals surface area contributed by atoms with Gasteiger partial charge in [-0.1, -0.05) is 0 Å². The number of imidazole rings is 1.